The van der Waals surface area contributed by atoms with Gasteiger partial charge in [0.25, 0.3) is 5.91 Å². The number of aromatic nitrogens is 3. The number of benzene rings is 2. The fraction of sp³-hybridized carbons (Fsp3) is 0.333. The van der Waals surface area contributed by atoms with Gasteiger partial charge < -0.3 is 15.5 Å². The van der Waals surface area contributed by atoms with Crippen molar-refractivity contribution in [3.05, 3.63) is 59.1 Å². The number of nitrogens with zero attached hydrogens (tertiary/aromatic N) is 4. The van der Waals surface area contributed by atoms with Gasteiger partial charge in [-0.1, -0.05) is 41.6 Å². The van der Waals surface area contributed by atoms with E-state index < -0.39 is 0 Å². The molecule has 0 spiro atoms. The lowest BCUT2D eigenvalue weighted by Crippen LogP contribution is -2.25. The average Bonchev–Trinajstić information content (AvgIpc) is 3.31. The van der Waals surface area contributed by atoms with Gasteiger partial charge in [-0.05, 0) is 56.0 Å². The Morgan fingerprint density at radius 1 is 1.06 bits per heavy atom. The molecule has 10 heteroatoms. The minimum atomic E-state index is -0.193. The van der Waals surface area contributed by atoms with Crippen LogP contribution in [0.4, 0.5) is 11.6 Å². The van der Waals surface area contributed by atoms with Crippen LogP contribution in [0.15, 0.2) is 53.7 Å². The van der Waals surface area contributed by atoms with Crippen molar-refractivity contribution in [2.24, 2.45) is 0 Å². The van der Waals surface area contributed by atoms with Gasteiger partial charge in [0.05, 0.1) is 16.5 Å². The van der Waals surface area contributed by atoms with Crippen molar-refractivity contribution in [3.63, 3.8) is 0 Å². The summed E-state index contributed by atoms with van der Waals surface area (Å²) in [6.45, 7) is 1.83. The van der Waals surface area contributed by atoms with Crippen LogP contribution < -0.4 is 15.5 Å². The summed E-state index contributed by atoms with van der Waals surface area (Å²) in [6.07, 6.45) is 4.27. The van der Waals surface area contributed by atoms with E-state index in [2.05, 4.69) is 25.7 Å². The molecule has 3 aromatic rings. The Bertz CT molecular complexity index is 1210. The molecule has 1 aliphatic heterocycles. The summed E-state index contributed by atoms with van der Waals surface area (Å²) in [7, 11) is 0. The molecular weight excluding hydrogens is 472 g/mol. The van der Waals surface area contributed by atoms with Crippen LogP contribution in [0.25, 0.3) is 5.69 Å². The molecule has 1 aromatic heterocycles. The predicted octanol–water partition coefficient (Wildman–Crippen LogP) is 4.14. The molecule has 8 nitrogen and oxygen atoms in total. The summed E-state index contributed by atoms with van der Waals surface area (Å²) in [5.41, 5.74) is 1.90. The summed E-state index contributed by atoms with van der Waals surface area (Å²) in [5.74, 6) is 0.570. The van der Waals surface area contributed by atoms with E-state index in [0.29, 0.717) is 21.4 Å². The van der Waals surface area contributed by atoms with Crippen molar-refractivity contribution in [1.29, 1.82) is 0 Å². The standard InChI is InChI=1S/C24H25ClN6O2S/c25-19-8-1-2-9-20(19)31-23(30-12-3-4-13-30)28-29-24(31)34-15-21(32)26-18-7-5-6-16(14-18)22(33)27-17-10-11-17/h1-2,5-9,14,17H,3-4,10-13,15H2,(H,26,32)(H,27,33). The van der Waals surface area contributed by atoms with Crippen molar-refractivity contribution < 1.29 is 9.59 Å². The van der Waals surface area contributed by atoms with Crippen LogP contribution in [0.5, 0.6) is 0 Å². The highest BCUT2D eigenvalue weighted by Crippen LogP contribution is 2.32. The second kappa shape index (κ2) is 10.1. The van der Waals surface area contributed by atoms with Crippen molar-refractivity contribution >= 4 is 46.8 Å². The Labute approximate surface area is 207 Å². The van der Waals surface area contributed by atoms with Gasteiger partial charge in [0.1, 0.15) is 0 Å². The Hall–Kier alpha value is -3.04. The molecule has 0 atom stereocenters. The molecule has 1 aliphatic carbocycles. The third-order valence-corrected chi connectivity index (χ3v) is 7.00. The summed E-state index contributed by atoms with van der Waals surface area (Å²) < 4.78 is 1.93. The maximum Gasteiger partial charge on any atom is 0.251 e. The van der Waals surface area contributed by atoms with E-state index >= 15 is 0 Å². The summed E-state index contributed by atoms with van der Waals surface area (Å²) in [4.78, 5) is 27.2. The van der Waals surface area contributed by atoms with Crippen molar-refractivity contribution in [1.82, 2.24) is 20.1 Å². The van der Waals surface area contributed by atoms with Crippen LogP contribution in [-0.2, 0) is 4.79 Å². The number of anilines is 2. The SMILES string of the molecule is O=C(CSc1nnc(N2CCCC2)n1-c1ccccc1Cl)Nc1cccc(C(=O)NC2CC2)c1. The number of carbonyl (C=O) groups is 2. The molecule has 5 rings (SSSR count). The van der Waals surface area contributed by atoms with Crippen LogP contribution in [0, 0.1) is 0 Å². The van der Waals surface area contributed by atoms with E-state index in [1.807, 2.05) is 28.8 Å². The van der Waals surface area contributed by atoms with Gasteiger partial charge in [-0.3, -0.25) is 14.2 Å². The first-order valence-electron chi connectivity index (χ1n) is 11.4. The number of para-hydroxylation sites is 1. The van der Waals surface area contributed by atoms with E-state index in [4.69, 9.17) is 11.6 Å². The fourth-order valence-electron chi connectivity index (χ4n) is 3.88. The second-order valence-corrected chi connectivity index (χ2v) is 9.78. The van der Waals surface area contributed by atoms with Crippen LogP contribution >= 0.6 is 23.4 Å². The first kappa shape index (κ1) is 22.7. The van der Waals surface area contributed by atoms with Gasteiger partial charge in [-0.2, -0.15) is 0 Å². The third kappa shape index (κ3) is 5.20. The van der Waals surface area contributed by atoms with Gasteiger partial charge in [-0.25, -0.2) is 0 Å². The zero-order valence-electron chi connectivity index (χ0n) is 18.5. The lowest BCUT2D eigenvalue weighted by Gasteiger charge is -2.19. The lowest BCUT2D eigenvalue weighted by atomic mass is 10.2. The smallest absolute Gasteiger partial charge is 0.251 e. The first-order valence-corrected chi connectivity index (χ1v) is 12.7. The molecule has 1 saturated carbocycles. The first-order chi connectivity index (χ1) is 16.6. The Balaban J connectivity index is 1.29. The molecule has 2 fully saturated rings. The summed E-state index contributed by atoms with van der Waals surface area (Å²) in [5, 5.41) is 15.8. The number of rotatable bonds is 8. The molecule has 2 aliphatic rings. The minimum absolute atomic E-state index is 0.116. The molecule has 34 heavy (non-hydrogen) atoms. The molecule has 2 amide bonds. The van der Waals surface area contributed by atoms with Crippen molar-refractivity contribution in [2.75, 3.05) is 29.1 Å². The Kier molecular flexibility index (Phi) is 6.73. The van der Waals surface area contributed by atoms with Crippen molar-refractivity contribution in [2.45, 2.75) is 36.9 Å². The van der Waals surface area contributed by atoms with E-state index in [1.54, 1.807) is 24.3 Å². The number of thioether (sulfide) groups is 1. The van der Waals surface area contributed by atoms with E-state index in [0.717, 1.165) is 50.4 Å². The average molecular weight is 497 g/mol. The number of carbonyl (C=O) groups excluding carboxylic acids is 2. The van der Waals surface area contributed by atoms with Crippen molar-refractivity contribution in [3.8, 4) is 5.69 Å². The zero-order chi connectivity index (χ0) is 23.5. The number of hydrogen-bond donors (Lipinski definition) is 2. The van der Waals surface area contributed by atoms with Gasteiger partial charge in [0.2, 0.25) is 11.9 Å². The number of hydrogen-bond acceptors (Lipinski definition) is 6. The quantitative estimate of drug-likeness (QED) is 0.455. The lowest BCUT2D eigenvalue weighted by molar-refractivity contribution is -0.113. The number of nitrogens with one attached hydrogen (secondary N) is 2. The zero-order valence-corrected chi connectivity index (χ0v) is 20.1. The summed E-state index contributed by atoms with van der Waals surface area (Å²) >= 11 is 7.79. The normalized spacial score (nSPS) is 15.4. The molecule has 0 radical (unpaired) electrons. The maximum atomic E-state index is 12.7. The second-order valence-electron chi connectivity index (χ2n) is 8.43. The Morgan fingerprint density at radius 3 is 2.62 bits per heavy atom. The van der Waals surface area contributed by atoms with Crippen LogP contribution in [0.2, 0.25) is 5.02 Å². The van der Waals surface area contributed by atoms with Crippen LogP contribution in [-0.4, -0.2) is 51.5 Å². The van der Waals surface area contributed by atoms with E-state index in [-0.39, 0.29) is 23.6 Å². The highest BCUT2D eigenvalue weighted by molar-refractivity contribution is 7.99. The highest BCUT2D eigenvalue weighted by atomic mass is 35.5. The monoisotopic (exact) mass is 496 g/mol. The molecule has 0 bridgehead atoms. The fourth-order valence-corrected chi connectivity index (χ4v) is 4.84. The predicted molar refractivity (Wildman–Crippen MR) is 134 cm³/mol. The minimum Gasteiger partial charge on any atom is -0.349 e. The van der Waals surface area contributed by atoms with Gasteiger partial charge in [-0.15, -0.1) is 10.2 Å². The number of amides is 2. The van der Waals surface area contributed by atoms with E-state index in [9.17, 15) is 9.59 Å². The molecule has 2 N–H and O–H groups in total. The highest BCUT2D eigenvalue weighted by Gasteiger charge is 2.25. The molecular formula is C24H25ClN6O2S. The topological polar surface area (TPSA) is 92.2 Å². The van der Waals surface area contributed by atoms with Gasteiger partial charge >= 0.3 is 0 Å². The van der Waals surface area contributed by atoms with Crippen LogP contribution in [0.1, 0.15) is 36.0 Å². The van der Waals surface area contributed by atoms with E-state index in [1.165, 1.54) is 11.8 Å². The molecule has 176 valence electrons. The van der Waals surface area contributed by atoms with Gasteiger partial charge in [0.15, 0.2) is 5.16 Å². The largest absolute Gasteiger partial charge is 0.349 e. The molecule has 1 saturated heterocycles. The molecule has 2 heterocycles. The molecule has 2 aromatic carbocycles. The summed E-state index contributed by atoms with van der Waals surface area (Å²) in [6, 6.07) is 14.8. The van der Waals surface area contributed by atoms with Gasteiger partial charge in [0, 0.05) is 30.4 Å². The third-order valence-electron chi connectivity index (χ3n) is 5.75. The Morgan fingerprint density at radius 2 is 1.85 bits per heavy atom. The molecule has 0 unspecified atom stereocenters. The number of halogens is 1. The van der Waals surface area contributed by atoms with Crippen LogP contribution in [0.3, 0.4) is 0 Å². The maximum absolute atomic E-state index is 12.7.